The van der Waals surface area contributed by atoms with Crippen LogP contribution >= 0.6 is 22.9 Å². The summed E-state index contributed by atoms with van der Waals surface area (Å²) < 4.78 is 0. The minimum Gasteiger partial charge on any atom is -0.395 e. The lowest BCUT2D eigenvalue weighted by atomic mass is 10.0. The zero-order chi connectivity index (χ0) is 15.2. The lowest BCUT2D eigenvalue weighted by Gasteiger charge is -2.24. The number of thiazole rings is 1. The van der Waals surface area contributed by atoms with E-state index in [1.165, 1.54) is 11.3 Å². The topological polar surface area (TPSA) is 71.2 Å². The SMILES string of the molecule is CCC[C@@H](CO)NC(c1cnc(N)s1)c1ccccc1Cl. The number of nitrogens with two attached hydrogens (primary N) is 1. The number of nitrogen functional groups attached to an aromatic ring is 1. The van der Waals surface area contributed by atoms with Crippen molar-refractivity contribution in [3.05, 3.63) is 45.9 Å². The maximum Gasteiger partial charge on any atom is 0.180 e. The zero-order valence-electron chi connectivity index (χ0n) is 11.9. The monoisotopic (exact) mass is 325 g/mol. The Kier molecular flexibility index (Phi) is 5.99. The summed E-state index contributed by atoms with van der Waals surface area (Å²) in [5, 5.41) is 14.2. The normalized spacial score (nSPS) is 14.0. The van der Waals surface area contributed by atoms with E-state index in [1.54, 1.807) is 6.20 Å². The Bertz CT molecular complexity index is 576. The molecule has 0 spiro atoms. The van der Waals surface area contributed by atoms with E-state index in [-0.39, 0.29) is 18.7 Å². The molecule has 1 heterocycles. The van der Waals surface area contributed by atoms with Crippen molar-refractivity contribution in [3.63, 3.8) is 0 Å². The first-order chi connectivity index (χ1) is 10.2. The van der Waals surface area contributed by atoms with Crippen molar-refractivity contribution in [3.8, 4) is 0 Å². The Balaban J connectivity index is 2.33. The van der Waals surface area contributed by atoms with E-state index >= 15 is 0 Å². The molecule has 6 heteroatoms. The van der Waals surface area contributed by atoms with Crippen molar-refractivity contribution in [1.82, 2.24) is 10.3 Å². The van der Waals surface area contributed by atoms with Crippen LogP contribution in [0.4, 0.5) is 5.13 Å². The van der Waals surface area contributed by atoms with Crippen LogP contribution in [0.3, 0.4) is 0 Å². The van der Waals surface area contributed by atoms with Crippen molar-refractivity contribution in [1.29, 1.82) is 0 Å². The molecule has 0 saturated heterocycles. The maximum atomic E-state index is 9.54. The predicted molar refractivity (Wildman–Crippen MR) is 88.7 cm³/mol. The second-order valence-electron chi connectivity index (χ2n) is 4.89. The van der Waals surface area contributed by atoms with Crippen LogP contribution in [0.1, 0.15) is 36.2 Å². The quantitative estimate of drug-likeness (QED) is 0.731. The molecule has 4 nitrogen and oxygen atoms in total. The molecule has 0 radical (unpaired) electrons. The molecule has 4 N–H and O–H groups in total. The molecule has 1 aromatic heterocycles. The standard InChI is InChI=1S/C15H20ClN3OS/c1-2-5-10(9-20)19-14(13-8-18-15(17)21-13)11-6-3-4-7-12(11)16/h3-4,6-8,10,14,19-20H,2,5,9H2,1H3,(H2,17,18)/t10-,14?/m0/s1. The van der Waals surface area contributed by atoms with Gasteiger partial charge in [0, 0.05) is 22.1 Å². The van der Waals surface area contributed by atoms with Gasteiger partial charge in [0.05, 0.1) is 12.6 Å². The first-order valence-electron chi connectivity index (χ1n) is 6.98. The van der Waals surface area contributed by atoms with Crippen LogP contribution in [-0.2, 0) is 0 Å². The van der Waals surface area contributed by atoms with Gasteiger partial charge in [-0.1, -0.05) is 43.1 Å². The molecule has 0 fully saturated rings. The number of hydrogen-bond donors (Lipinski definition) is 3. The molecule has 0 amide bonds. The number of aliphatic hydroxyl groups is 1. The van der Waals surface area contributed by atoms with Gasteiger partial charge in [0.25, 0.3) is 0 Å². The number of nitrogens with one attached hydrogen (secondary N) is 1. The largest absolute Gasteiger partial charge is 0.395 e. The molecule has 2 atom stereocenters. The molecule has 0 bridgehead atoms. The van der Waals surface area contributed by atoms with Gasteiger partial charge in [-0.2, -0.15) is 0 Å². The third kappa shape index (κ3) is 4.17. The fourth-order valence-electron chi connectivity index (χ4n) is 2.28. The van der Waals surface area contributed by atoms with Crippen LogP contribution in [0.25, 0.3) is 0 Å². The molecule has 2 rings (SSSR count). The van der Waals surface area contributed by atoms with Gasteiger partial charge in [0.2, 0.25) is 0 Å². The average Bonchev–Trinajstić information content (AvgIpc) is 2.91. The van der Waals surface area contributed by atoms with Gasteiger partial charge in [-0.15, -0.1) is 11.3 Å². The molecule has 0 saturated carbocycles. The molecular weight excluding hydrogens is 306 g/mol. The summed E-state index contributed by atoms with van der Waals surface area (Å²) in [5.74, 6) is 0. The number of rotatable bonds is 7. The zero-order valence-corrected chi connectivity index (χ0v) is 13.5. The minimum atomic E-state index is -0.114. The van der Waals surface area contributed by atoms with E-state index in [2.05, 4.69) is 17.2 Å². The average molecular weight is 326 g/mol. The van der Waals surface area contributed by atoms with Crippen molar-refractivity contribution in [2.75, 3.05) is 12.3 Å². The smallest absolute Gasteiger partial charge is 0.180 e. The molecule has 21 heavy (non-hydrogen) atoms. The number of halogens is 1. The van der Waals surface area contributed by atoms with Crippen molar-refractivity contribution in [2.24, 2.45) is 0 Å². The van der Waals surface area contributed by atoms with Gasteiger partial charge >= 0.3 is 0 Å². The summed E-state index contributed by atoms with van der Waals surface area (Å²) in [4.78, 5) is 5.12. The second-order valence-corrected chi connectivity index (χ2v) is 6.39. The lowest BCUT2D eigenvalue weighted by molar-refractivity contribution is 0.228. The van der Waals surface area contributed by atoms with Crippen molar-refractivity contribution in [2.45, 2.75) is 31.8 Å². The van der Waals surface area contributed by atoms with Gasteiger partial charge in [0.15, 0.2) is 5.13 Å². The van der Waals surface area contributed by atoms with Crippen LogP contribution < -0.4 is 11.1 Å². The number of benzene rings is 1. The second kappa shape index (κ2) is 7.75. The Labute approximate surface area is 134 Å². The molecule has 0 aliphatic rings. The molecule has 0 aliphatic heterocycles. The van der Waals surface area contributed by atoms with Gasteiger partial charge in [-0.05, 0) is 18.1 Å². The van der Waals surface area contributed by atoms with Gasteiger partial charge in [-0.3, -0.25) is 0 Å². The van der Waals surface area contributed by atoms with E-state index in [4.69, 9.17) is 17.3 Å². The Hall–Kier alpha value is -1.14. The summed E-state index contributed by atoms with van der Waals surface area (Å²) in [6.45, 7) is 2.18. The van der Waals surface area contributed by atoms with Gasteiger partial charge in [-0.25, -0.2) is 4.98 Å². The van der Waals surface area contributed by atoms with Crippen LogP contribution in [0.15, 0.2) is 30.5 Å². The highest BCUT2D eigenvalue weighted by atomic mass is 35.5. The predicted octanol–water partition coefficient (Wildman–Crippen LogP) is 3.22. The molecular formula is C15H20ClN3OS. The lowest BCUT2D eigenvalue weighted by Crippen LogP contribution is -2.36. The highest BCUT2D eigenvalue weighted by Gasteiger charge is 2.22. The van der Waals surface area contributed by atoms with Crippen LogP contribution in [0.2, 0.25) is 5.02 Å². The maximum absolute atomic E-state index is 9.54. The first kappa shape index (κ1) is 16.2. The number of aromatic nitrogens is 1. The van der Waals surface area contributed by atoms with E-state index in [1.807, 2.05) is 24.3 Å². The summed E-state index contributed by atoms with van der Waals surface area (Å²) in [6.07, 6.45) is 3.66. The number of anilines is 1. The van der Waals surface area contributed by atoms with Gasteiger partial charge in [0.1, 0.15) is 0 Å². The fourth-order valence-corrected chi connectivity index (χ4v) is 3.29. The van der Waals surface area contributed by atoms with Crippen LogP contribution in [0, 0.1) is 0 Å². The van der Waals surface area contributed by atoms with E-state index in [9.17, 15) is 5.11 Å². The third-order valence-electron chi connectivity index (χ3n) is 3.30. The highest BCUT2D eigenvalue weighted by Crippen LogP contribution is 2.32. The molecule has 2 aromatic rings. The summed E-state index contributed by atoms with van der Waals surface area (Å²) in [6, 6.07) is 7.60. The van der Waals surface area contributed by atoms with Gasteiger partial charge < -0.3 is 16.2 Å². The number of hydrogen-bond acceptors (Lipinski definition) is 5. The Morgan fingerprint density at radius 1 is 1.43 bits per heavy atom. The number of aliphatic hydroxyl groups excluding tert-OH is 1. The highest BCUT2D eigenvalue weighted by molar-refractivity contribution is 7.15. The number of nitrogens with zero attached hydrogens (tertiary/aromatic N) is 1. The Morgan fingerprint density at radius 2 is 2.19 bits per heavy atom. The molecule has 0 aliphatic carbocycles. The molecule has 1 unspecified atom stereocenters. The van der Waals surface area contributed by atoms with E-state index in [0.717, 1.165) is 23.3 Å². The van der Waals surface area contributed by atoms with Crippen LogP contribution in [-0.4, -0.2) is 22.7 Å². The van der Waals surface area contributed by atoms with E-state index in [0.29, 0.717) is 10.2 Å². The molecule has 114 valence electrons. The summed E-state index contributed by atoms with van der Waals surface area (Å²) in [7, 11) is 0. The first-order valence-corrected chi connectivity index (χ1v) is 8.17. The van der Waals surface area contributed by atoms with Crippen LogP contribution in [0.5, 0.6) is 0 Å². The third-order valence-corrected chi connectivity index (χ3v) is 4.54. The Morgan fingerprint density at radius 3 is 2.76 bits per heavy atom. The molecule has 1 aromatic carbocycles. The fraction of sp³-hybridized carbons (Fsp3) is 0.400. The van der Waals surface area contributed by atoms with E-state index < -0.39 is 0 Å². The minimum absolute atomic E-state index is 0.0135. The van der Waals surface area contributed by atoms with Crippen molar-refractivity contribution >= 4 is 28.1 Å². The summed E-state index contributed by atoms with van der Waals surface area (Å²) >= 11 is 7.76. The van der Waals surface area contributed by atoms with Crippen molar-refractivity contribution < 1.29 is 5.11 Å². The summed E-state index contributed by atoms with van der Waals surface area (Å²) in [5.41, 5.74) is 6.72.